The summed E-state index contributed by atoms with van der Waals surface area (Å²) < 4.78 is 66.9. The van der Waals surface area contributed by atoms with Crippen LogP contribution >= 0.6 is 23.5 Å². The van der Waals surface area contributed by atoms with E-state index in [0.717, 1.165) is 20.0 Å². The third-order valence-corrected chi connectivity index (χ3v) is 14.9. The first-order valence-corrected chi connectivity index (χ1v) is 25.1. The number of phosphoric acid groups is 3. The topological polar surface area (TPSA) is 599 Å². The summed E-state index contributed by atoms with van der Waals surface area (Å²) in [6, 6.07) is 0. The van der Waals surface area contributed by atoms with Crippen LogP contribution in [0.25, 0.3) is 33.5 Å². The lowest BCUT2D eigenvalue weighted by molar-refractivity contribution is -0.212. The van der Waals surface area contributed by atoms with Crippen molar-refractivity contribution in [1.29, 1.82) is 0 Å². The fourth-order valence-corrected chi connectivity index (χ4v) is 10.4. The van der Waals surface area contributed by atoms with Gasteiger partial charge in [0, 0.05) is 14.1 Å². The number of nitrogens with two attached hydrogens (primary N) is 3. The van der Waals surface area contributed by atoms with Gasteiger partial charge in [0.15, 0.2) is 52.2 Å². The van der Waals surface area contributed by atoms with E-state index in [2.05, 4.69) is 48.0 Å². The number of hydrogen-bond donors (Lipinski definition) is 15. The Labute approximate surface area is 408 Å². The molecule has 6 aromatic rings. The molecule has 0 amide bonds. The minimum Gasteiger partial charge on any atom is -0.756 e. The summed E-state index contributed by atoms with van der Waals surface area (Å²) in [6.07, 6.45) is -11.8. The van der Waals surface area contributed by atoms with E-state index in [0.29, 0.717) is 0 Å². The molecule has 0 spiro atoms. The second-order valence-corrected chi connectivity index (χ2v) is 20.3. The minimum atomic E-state index is -5.82. The first-order valence-electron chi connectivity index (χ1n) is 20.6. The number of H-pyrrole nitrogens is 1. The van der Waals surface area contributed by atoms with Crippen LogP contribution in [0.15, 0.2) is 33.4 Å². The molecule has 0 aliphatic carbocycles. The third-order valence-electron chi connectivity index (χ3n) is 11.1. The van der Waals surface area contributed by atoms with Gasteiger partial charge in [-0.2, -0.15) is 19.3 Å². The Morgan fingerprint density at radius 3 is 1.38 bits per heavy atom. The second-order valence-electron chi connectivity index (χ2n) is 16.0. The molecule has 39 nitrogen and oxygen atoms in total. The molecule has 74 heavy (non-hydrogen) atoms. The van der Waals surface area contributed by atoms with E-state index in [9.17, 15) is 68.5 Å². The Morgan fingerprint density at radius 1 is 0.608 bits per heavy atom. The van der Waals surface area contributed by atoms with Gasteiger partial charge in [-0.3, -0.25) is 51.3 Å². The second kappa shape index (κ2) is 21.2. The van der Waals surface area contributed by atoms with Gasteiger partial charge in [0.1, 0.15) is 54.9 Å². The van der Waals surface area contributed by atoms with Gasteiger partial charge in [-0.15, -0.1) is 0 Å². The van der Waals surface area contributed by atoms with Gasteiger partial charge < -0.3 is 91.8 Å². The van der Waals surface area contributed by atoms with Crippen molar-refractivity contribution in [2.45, 2.75) is 73.6 Å². The number of rotatable bonds is 12. The van der Waals surface area contributed by atoms with Crippen molar-refractivity contribution in [3.05, 3.63) is 50.0 Å². The fraction of sp³-hybridized carbons (Fsp3) is 0.531. The van der Waals surface area contributed by atoms with Gasteiger partial charge in [-0.25, -0.2) is 28.4 Å². The summed E-state index contributed by atoms with van der Waals surface area (Å²) in [5.41, 5.74) is 15.4. The number of fused-ring (bicyclic) bond motifs is 3. The monoisotopic (exact) mass is 1120 g/mol. The number of phosphoric ester groups is 1. The van der Waals surface area contributed by atoms with Crippen LogP contribution < -0.4 is 38.8 Å². The van der Waals surface area contributed by atoms with Crippen LogP contribution in [0.5, 0.6) is 0 Å². The normalized spacial score (nSPS) is 29.4. The van der Waals surface area contributed by atoms with E-state index in [1.54, 1.807) is 0 Å². The number of nitrogen functional groups attached to an aromatic ring is 3. The molecule has 6 unspecified atom stereocenters. The standard InChI is InChI=1S/C11H18N5O14P3.C11H15N5O5.C10H13N5O5/c1-15-9(19)5-8(14-11(15)12)16(3-13-5)10-7(18)6(17)4(28-10)2-27-32(23,24)30-33(25,26)29-31(20,21)22;1-15-9(20)5-8(14-11(15)12)16(3-13-5)10-7(19)6(18)4(2-17)21-10;11-10-13-7-4(8(19)14-10)12-2-15(7)9-6(18)5(17)3(1-16)20-9/h3-4,6-7,10,17-18H,2H2,1H3,(H2,12,14)(H,23,24)(H,25,26)(H2,20,21,22);3-4,6-7,10,17-19H,2H2,1H3,(H2,12,14);2-3,5-6,9,16-18H,1H2,(H3,11,13,14,19)/p-1/t2*4-,6+,7?,10-;3-,5+,6?,9-/m111/s1. The zero-order valence-corrected chi connectivity index (χ0v) is 40.2. The molecule has 3 saturated heterocycles. The Morgan fingerprint density at radius 2 is 0.986 bits per heavy atom. The summed E-state index contributed by atoms with van der Waals surface area (Å²) in [6.45, 7) is -1.92. The Bertz CT molecular complexity index is 3380. The predicted molar refractivity (Wildman–Crippen MR) is 236 cm³/mol. The van der Waals surface area contributed by atoms with Gasteiger partial charge in [0.25, 0.3) is 24.5 Å². The van der Waals surface area contributed by atoms with Crippen LogP contribution in [0, 0.1) is 0 Å². The summed E-state index contributed by atoms with van der Waals surface area (Å²) in [4.78, 5) is 99.3. The maximum Gasteiger partial charge on any atom is 0.487 e. The Hall–Kier alpha value is -5.58. The van der Waals surface area contributed by atoms with E-state index in [-0.39, 0.29) is 51.3 Å². The highest BCUT2D eigenvalue weighted by Crippen LogP contribution is 2.65. The highest BCUT2D eigenvalue weighted by Gasteiger charge is 2.48. The first kappa shape index (κ1) is 56.2. The number of ether oxygens (including phenoxy) is 3. The molecule has 9 rings (SSSR count). The summed E-state index contributed by atoms with van der Waals surface area (Å²) in [5, 5.41) is 78.1. The van der Waals surface area contributed by atoms with Gasteiger partial charge in [0.05, 0.1) is 38.8 Å². The molecule has 3 aliphatic rings. The van der Waals surface area contributed by atoms with Crippen molar-refractivity contribution >= 4 is 74.8 Å². The molecule has 42 heteroatoms. The van der Waals surface area contributed by atoms with Crippen molar-refractivity contribution in [3.63, 3.8) is 0 Å². The number of aliphatic hydroxyl groups is 8. The largest absolute Gasteiger partial charge is 0.756 e. The molecule has 6 aromatic heterocycles. The van der Waals surface area contributed by atoms with Crippen molar-refractivity contribution < 1.29 is 101 Å². The number of imidazole rings is 3. The van der Waals surface area contributed by atoms with Crippen LogP contribution in [0.3, 0.4) is 0 Å². The molecule has 3 fully saturated rings. The zero-order chi connectivity index (χ0) is 54.7. The van der Waals surface area contributed by atoms with Crippen LogP contribution in [-0.4, -0.2) is 188 Å². The molecule has 408 valence electrons. The van der Waals surface area contributed by atoms with Crippen molar-refractivity contribution in [1.82, 2.24) is 57.7 Å². The molecule has 0 bridgehead atoms. The third kappa shape index (κ3) is 11.2. The molecule has 0 aromatic carbocycles. The van der Waals surface area contributed by atoms with Crippen LogP contribution in [0.1, 0.15) is 18.7 Å². The quantitative estimate of drug-likeness (QED) is 0.0506. The van der Waals surface area contributed by atoms with Gasteiger partial charge >= 0.3 is 15.6 Å². The number of nitrogens with zero attached hydrogens (tertiary/aromatic N) is 11. The van der Waals surface area contributed by atoms with E-state index in [4.69, 9.17) is 51.4 Å². The number of aromatic nitrogens is 12. The maximum absolute atomic E-state index is 12.2. The molecule has 0 saturated carbocycles. The molecule has 15 atom stereocenters. The zero-order valence-electron chi connectivity index (χ0n) is 37.5. The maximum atomic E-state index is 12.2. The molecular formula is C32H45N15O24P3-. The average molecular weight is 1120 g/mol. The smallest absolute Gasteiger partial charge is 0.487 e. The number of aromatic amines is 1. The van der Waals surface area contributed by atoms with Crippen LogP contribution in [-0.2, 0) is 55.1 Å². The van der Waals surface area contributed by atoms with Gasteiger partial charge in [0.2, 0.25) is 17.8 Å². The number of hydrogen-bond acceptors (Lipinski definition) is 30. The highest BCUT2D eigenvalue weighted by atomic mass is 31.3. The van der Waals surface area contributed by atoms with Crippen molar-refractivity contribution in [2.75, 3.05) is 37.0 Å². The number of anilines is 3. The number of nitrogens with one attached hydrogen (secondary N) is 1. The van der Waals surface area contributed by atoms with E-state index >= 15 is 0 Å². The predicted octanol–water partition coefficient (Wildman–Crippen LogP) is -8.32. The lowest BCUT2D eigenvalue weighted by Gasteiger charge is -2.21. The lowest BCUT2D eigenvalue weighted by atomic mass is 10.1. The molecule has 18 N–H and O–H groups in total. The minimum absolute atomic E-state index is 0.0130. The lowest BCUT2D eigenvalue weighted by Crippen LogP contribution is -2.33. The molecular weight excluding hydrogens is 1070 g/mol. The fourth-order valence-electron chi connectivity index (χ4n) is 7.41. The van der Waals surface area contributed by atoms with Crippen LogP contribution in [0.2, 0.25) is 0 Å². The highest BCUT2D eigenvalue weighted by molar-refractivity contribution is 7.66. The summed E-state index contributed by atoms with van der Waals surface area (Å²) >= 11 is 0. The van der Waals surface area contributed by atoms with Crippen molar-refractivity contribution in [2.24, 2.45) is 14.1 Å². The van der Waals surface area contributed by atoms with Gasteiger partial charge in [-0.05, 0) is 0 Å². The summed E-state index contributed by atoms with van der Waals surface area (Å²) in [7, 11) is -14.3. The Balaban J connectivity index is 0.000000170. The number of aliphatic hydroxyl groups excluding tert-OH is 8. The summed E-state index contributed by atoms with van der Waals surface area (Å²) in [5.74, 6) is -0.307. The van der Waals surface area contributed by atoms with Crippen LogP contribution in [0.4, 0.5) is 17.8 Å². The first-order chi connectivity index (χ1) is 34.5. The molecule has 3 aliphatic heterocycles. The molecule has 9 heterocycles. The van der Waals surface area contributed by atoms with E-state index < -0.39 is 134 Å². The molecule has 0 radical (unpaired) electrons. The van der Waals surface area contributed by atoms with Gasteiger partial charge in [-0.1, -0.05) is 0 Å². The van der Waals surface area contributed by atoms with E-state index in [1.807, 2.05) is 0 Å². The average Bonchev–Trinajstić information content (AvgIpc) is 4.17. The van der Waals surface area contributed by atoms with Crippen molar-refractivity contribution in [3.8, 4) is 0 Å². The van der Waals surface area contributed by atoms with E-state index in [1.165, 1.54) is 35.9 Å². The SMILES string of the molecule is Cn1c(N)nc2c(ncn2[C@@H]2O[C@H](CO)[C@H](O)C2O)c1=O.Cn1c(N)nc2c(ncn2[C@@H]2O[C@H](COP(=O)(O)OP(=O)(O)OP(=O)([O-])O)[C@H](O)C2O)c1=O.Nc1nc2c(ncn2[C@@H]2O[C@H](CO)[C@H](O)C2O)c(=O)[nH]1. The Kier molecular flexibility index (Phi) is 16.1.